The number of amides is 1. The van der Waals surface area contributed by atoms with Crippen molar-refractivity contribution in [3.05, 3.63) is 89.5 Å². The SMILES string of the molecule is Cc1ccccc1NC(=O)Oc1ccc2c(c1)C1(C)CCN(Cc3ccccc3)C1N2C. The molecule has 3 aromatic rings. The third kappa shape index (κ3) is 3.53. The molecule has 2 heterocycles. The van der Waals surface area contributed by atoms with Gasteiger partial charge < -0.3 is 9.64 Å². The molecule has 2 aliphatic rings. The molecule has 32 heavy (non-hydrogen) atoms. The fourth-order valence-electron chi connectivity index (χ4n) is 5.39. The third-order valence-electron chi connectivity index (χ3n) is 6.99. The first-order chi connectivity index (χ1) is 15.5. The number of fused-ring (bicyclic) bond motifs is 3. The first-order valence-corrected chi connectivity index (χ1v) is 11.2. The maximum atomic E-state index is 12.5. The largest absolute Gasteiger partial charge is 0.417 e. The Morgan fingerprint density at radius 2 is 1.84 bits per heavy atom. The molecule has 3 aromatic carbocycles. The molecule has 2 unspecified atom stereocenters. The second-order valence-corrected chi connectivity index (χ2v) is 9.12. The summed E-state index contributed by atoms with van der Waals surface area (Å²) in [5, 5.41) is 2.85. The Morgan fingerprint density at radius 1 is 1.09 bits per heavy atom. The summed E-state index contributed by atoms with van der Waals surface area (Å²) in [4.78, 5) is 17.4. The van der Waals surface area contributed by atoms with Crippen LogP contribution in [-0.2, 0) is 12.0 Å². The predicted octanol–water partition coefficient (Wildman–Crippen LogP) is 5.55. The number of hydrogen-bond donors (Lipinski definition) is 1. The molecule has 0 spiro atoms. The average molecular weight is 428 g/mol. The normalized spacial score (nSPS) is 21.8. The van der Waals surface area contributed by atoms with Crippen molar-refractivity contribution in [2.45, 2.75) is 38.4 Å². The minimum absolute atomic E-state index is 0.00920. The van der Waals surface area contributed by atoms with Crippen LogP contribution in [0.1, 0.15) is 30.0 Å². The first-order valence-electron chi connectivity index (χ1n) is 11.2. The van der Waals surface area contributed by atoms with Gasteiger partial charge >= 0.3 is 6.09 Å². The summed E-state index contributed by atoms with van der Waals surface area (Å²) >= 11 is 0. The number of carbonyl (C=O) groups is 1. The number of likely N-dealkylation sites (N-methyl/N-ethyl adjacent to an activating group) is 1. The molecule has 0 aromatic heterocycles. The molecule has 2 aliphatic heterocycles. The van der Waals surface area contributed by atoms with E-state index < -0.39 is 6.09 Å². The van der Waals surface area contributed by atoms with Crippen LogP contribution in [0, 0.1) is 6.92 Å². The topological polar surface area (TPSA) is 44.8 Å². The third-order valence-corrected chi connectivity index (χ3v) is 6.99. The minimum atomic E-state index is -0.468. The smallest absolute Gasteiger partial charge is 0.410 e. The fraction of sp³-hybridized carbons (Fsp3) is 0.296. The average Bonchev–Trinajstić information content (AvgIpc) is 3.22. The van der Waals surface area contributed by atoms with Crippen LogP contribution in [0.15, 0.2) is 72.8 Å². The molecular formula is C27H29N3O2. The Labute approximate surface area is 189 Å². The maximum absolute atomic E-state index is 12.5. The van der Waals surface area contributed by atoms with Crippen LogP contribution in [0.25, 0.3) is 0 Å². The van der Waals surface area contributed by atoms with E-state index in [1.807, 2.05) is 37.3 Å². The highest BCUT2D eigenvalue weighted by Crippen LogP contribution is 2.52. The Kier molecular flexibility index (Phi) is 5.14. The van der Waals surface area contributed by atoms with Gasteiger partial charge in [0, 0.05) is 36.9 Å². The predicted molar refractivity (Wildman–Crippen MR) is 128 cm³/mol. The van der Waals surface area contributed by atoms with Gasteiger partial charge in [-0.15, -0.1) is 0 Å². The van der Waals surface area contributed by atoms with Gasteiger partial charge in [0.1, 0.15) is 5.75 Å². The van der Waals surface area contributed by atoms with Crippen molar-refractivity contribution in [2.75, 3.05) is 23.8 Å². The molecule has 2 atom stereocenters. The van der Waals surface area contributed by atoms with Gasteiger partial charge in [0.2, 0.25) is 0 Å². The van der Waals surface area contributed by atoms with Crippen molar-refractivity contribution in [3.63, 3.8) is 0 Å². The van der Waals surface area contributed by atoms with E-state index >= 15 is 0 Å². The Balaban J connectivity index is 1.35. The van der Waals surface area contributed by atoms with Crippen molar-refractivity contribution >= 4 is 17.5 Å². The standard InChI is InChI=1S/C27H29N3O2/c1-19-9-7-8-12-23(19)28-26(31)32-21-13-14-24-22(17-21)27(2)15-16-30(25(27)29(24)3)18-20-10-5-4-6-11-20/h4-14,17,25H,15-16,18H2,1-3H3,(H,28,31). The van der Waals surface area contributed by atoms with E-state index in [4.69, 9.17) is 4.74 Å². The zero-order valence-corrected chi connectivity index (χ0v) is 18.8. The molecule has 1 saturated heterocycles. The van der Waals surface area contributed by atoms with Crippen LogP contribution in [-0.4, -0.2) is 30.8 Å². The fourth-order valence-corrected chi connectivity index (χ4v) is 5.39. The van der Waals surface area contributed by atoms with Crippen LogP contribution >= 0.6 is 0 Å². The lowest BCUT2D eigenvalue weighted by atomic mass is 9.81. The van der Waals surface area contributed by atoms with Gasteiger partial charge in [0.25, 0.3) is 0 Å². The lowest BCUT2D eigenvalue weighted by Gasteiger charge is -2.34. The Bertz CT molecular complexity index is 1150. The van der Waals surface area contributed by atoms with E-state index in [1.165, 1.54) is 16.8 Å². The Hall–Kier alpha value is -3.31. The molecule has 5 heteroatoms. The van der Waals surface area contributed by atoms with Crippen LogP contribution in [0.4, 0.5) is 16.2 Å². The molecule has 1 fully saturated rings. The van der Waals surface area contributed by atoms with Crippen LogP contribution < -0.4 is 15.0 Å². The highest BCUT2D eigenvalue weighted by Gasteiger charge is 2.53. The van der Waals surface area contributed by atoms with Crippen molar-refractivity contribution in [2.24, 2.45) is 0 Å². The molecule has 0 bridgehead atoms. The van der Waals surface area contributed by atoms with E-state index in [0.29, 0.717) is 5.75 Å². The highest BCUT2D eigenvalue weighted by molar-refractivity contribution is 5.87. The number of ether oxygens (including phenoxy) is 1. The van der Waals surface area contributed by atoms with Gasteiger partial charge in [-0.25, -0.2) is 4.79 Å². The molecule has 164 valence electrons. The van der Waals surface area contributed by atoms with Crippen molar-refractivity contribution < 1.29 is 9.53 Å². The zero-order chi connectivity index (χ0) is 22.3. The van der Waals surface area contributed by atoms with E-state index in [-0.39, 0.29) is 11.6 Å². The van der Waals surface area contributed by atoms with Crippen molar-refractivity contribution in [1.29, 1.82) is 0 Å². The van der Waals surface area contributed by atoms with Gasteiger partial charge in [-0.3, -0.25) is 10.2 Å². The molecular weight excluding hydrogens is 398 g/mol. The van der Waals surface area contributed by atoms with E-state index in [0.717, 1.165) is 30.8 Å². The van der Waals surface area contributed by atoms with Gasteiger partial charge in [0.15, 0.2) is 0 Å². The van der Waals surface area contributed by atoms with Gasteiger partial charge in [-0.1, -0.05) is 55.5 Å². The van der Waals surface area contributed by atoms with Crippen molar-refractivity contribution in [3.8, 4) is 5.75 Å². The summed E-state index contributed by atoms with van der Waals surface area (Å²) in [5.74, 6) is 0.576. The lowest BCUT2D eigenvalue weighted by molar-refractivity contribution is 0.213. The van der Waals surface area contributed by atoms with Gasteiger partial charge in [-0.05, 0) is 54.3 Å². The first kappa shape index (κ1) is 20.6. The number of hydrogen-bond acceptors (Lipinski definition) is 4. The number of carbonyl (C=O) groups excluding carboxylic acids is 1. The van der Waals surface area contributed by atoms with Crippen molar-refractivity contribution in [1.82, 2.24) is 4.90 Å². The summed E-state index contributed by atoms with van der Waals surface area (Å²) in [6.45, 7) is 6.27. The number of aryl methyl sites for hydroxylation is 1. The van der Waals surface area contributed by atoms with E-state index in [2.05, 4.69) is 71.6 Å². The van der Waals surface area contributed by atoms with Crippen LogP contribution in [0.2, 0.25) is 0 Å². The number of nitrogens with one attached hydrogen (secondary N) is 1. The van der Waals surface area contributed by atoms with Gasteiger partial charge in [0.05, 0.1) is 6.17 Å². The molecule has 1 N–H and O–H groups in total. The number of nitrogens with zero attached hydrogens (tertiary/aromatic N) is 2. The number of benzene rings is 3. The molecule has 0 saturated carbocycles. The number of para-hydroxylation sites is 1. The molecule has 0 aliphatic carbocycles. The monoisotopic (exact) mass is 427 g/mol. The van der Waals surface area contributed by atoms with E-state index in [9.17, 15) is 4.79 Å². The summed E-state index contributed by atoms with van der Waals surface area (Å²) in [6.07, 6.45) is 0.888. The zero-order valence-electron chi connectivity index (χ0n) is 18.8. The number of likely N-dealkylation sites (tertiary alicyclic amines) is 1. The van der Waals surface area contributed by atoms with Gasteiger partial charge in [-0.2, -0.15) is 0 Å². The highest BCUT2D eigenvalue weighted by atomic mass is 16.6. The second kappa shape index (κ2) is 7.99. The summed E-state index contributed by atoms with van der Waals surface area (Å²) in [5.41, 5.74) is 5.55. The molecule has 5 rings (SSSR count). The summed E-state index contributed by atoms with van der Waals surface area (Å²) in [7, 11) is 2.17. The van der Waals surface area contributed by atoms with Crippen LogP contribution in [0.3, 0.4) is 0 Å². The van der Waals surface area contributed by atoms with Crippen LogP contribution in [0.5, 0.6) is 5.75 Å². The number of rotatable bonds is 4. The molecule has 5 nitrogen and oxygen atoms in total. The molecule has 1 amide bonds. The summed E-state index contributed by atoms with van der Waals surface area (Å²) in [6, 6.07) is 24.3. The maximum Gasteiger partial charge on any atom is 0.417 e. The quantitative estimate of drug-likeness (QED) is 0.593. The van der Waals surface area contributed by atoms with E-state index in [1.54, 1.807) is 0 Å². The Morgan fingerprint density at radius 3 is 2.62 bits per heavy atom. The lowest BCUT2D eigenvalue weighted by Crippen LogP contribution is -2.46. The second-order valence-electron chi connectivity index (χ2n) is 9.12. The number of anilines is 2. The molecule has 0 radical (unpaired) electrons. The minimum Gasteiger partial charge on any atom is -0.410 e. The summed E-state index contributed by atoms with van der Waals surface area (Å²) < 4.78 is 5.67.